The Bertz CT molecular complexity index is 893. The van der Waals surface area contributed by atoms with Crippen molar-refractivity contribution < 1.29 is 23.4 Å². The Balaban J connectivity index is 1.56. The molecule has 1 aliphatic carbocycles. The van der Waals surface area contributed by atoms with Crippen LogP contribution >= 0.6 is 0 Å². The summed E-state index contributed by atoms with van der Waals surface area (Å²) in [6.45, 7) is 0. The van der Waals surface area contributed by atoms with Gasteiger partial charge in [-0.05, 0) is 36.6 Å². The molecule has 0 fully saturated rings. The molecule has 2 aliphatic heterocycles. The Hall–Kier alpha value is -3.28. The number of amides is 1. The van der Waals surface area contributed by atoms with Gasteiger partial charge in [0, 0.05) is 0 Å². The van der Waals surface area contributed by atoms with Crippen molar-refractivity contribution in [1.29, 1.82) is 0 Å². The van der Waals surface area contributed by atoms with Crippen LogP contribution in [0.5, 0.6) is 5.75 Å². The Kier molecular flexibility index (Phi) is 3.85. The van der Waals surface area contributed by atoms with Crippen molar-refractivity contribution in [2.75, 3.05) is 0 Å². The van der Waals surface area contributed by atoms with E-state index in [9.17, 15) is 9.18 Å². The van der Waals surface area contributed by atoms with Crippen molar-refractivity contribution in [3.05, 3.63) is 89.4 Å². The van der Waals surface area contributed by atoms with Gasteiger partial charge >= 0.3 is 0 Å². The van der Waals surface area contributed by atoms with Gasteiger partial charge in [-0.3, -0.25) is 4.79 Å². The number of fused-ring (bicyclic) bond motifs is 1. The molecule has 1 amide bonds. The maximum Gasteiger partial charge on any atom is 0.259 e. The molecular weight excluding hydrogens is 325 g/mol. The Morgan fingerprint density at radius 1 is 1.12 bits per heavy atom. The molecule has 1 aromatic rings. The third-order valence-corrected chi connectivity index (χ3v) is 3.90. The summed E-state index contributed by atoms with van der Waals surface area (Å²) in [6.07, 6.45) is 12.0. The topological polar surface area (TPSA) is 56.8 Å². The Morgan fingerprint density at radius 2 is 2.00 bits per heavy atom. The third kappa shape index (κ3) is 3.06. The first-order chi connectivity index (χ1) is 12.2. The van der Waals surface area contributed by atoms with Crippen LogP contribution in [0.2, 0.25) is 0 Å². The zero-order valence-electron chi connectivity index (χ0n) is 13.1. The average Bonchev–Trinajstić information content (AvgIpc) is 2.82. The minimum absolute atomic E-state index is 0.111. The summed E-state index contributed by atoms with van der Waals surface area (Å²) in [7, 11) is 0. The van der Waals surface area contributed by atoms with Gasteiger partial charge in [0.2, 0.25) is 0 Å². The number of allylic oxidation sites excluding steroid dienone is 4. The smallest absolute Gasteiger partial charge is 0.259 e. The molecular formula is C19H14FNO4. The van der Waals surface area contributed by atoms with Gasteiger partial charge in [0.15, 0.2) is 11.5 Å². The summed E-state index contributed by atoms with van der Waals surface area (Å²) < 4.78 is 30.1. The van der Waals surface area contributed by atoms with E-state index in [2.05, 4.69) is 11.4 Å². The first-order valence-electron chi connectivity index (χ1n) is 7.78. The maximum absolute atomic E-state index is 13.4. The standard InChI is InChI=1S/C19H14FNO4/c20-13-6-7-16-14(8-13)19(22)21-15(9-24-16)18-11-23-10-17(25-18)12-4-2-1-3-5-12/h1-2,4,6-11H,3,5H2,(H,21,22). The molecule has 126 valence electrons. The van der Waals surface area contributed by atoms with Gasteiger partial charge in [-0.25, -0.2) is 4.39 Å². The van der Waals surface area contributed by atoms with Gasteiger partial charge in [0.05, 0.1) is 5.56 Å². The van der Waals surface area contributed by atoms with Gasteiger partial charge in [0.1, 0.15) is 36.1 Å². The van der Waals surface area contributed by atoms with Crippen LogP contribution < -0.4 is 10.1 Å². The second-order valence-electron chi connectivity index (χ2n) is 5.61. The van der Waals surface area contributed by atoms with Crippen molar-refractivity contribution in [3.8, 4) is 5.75 Å². The normalized spacial score (nSPS) is 18.8. The summed E-state index contributed by atoms with van der Waals surface area (Å²) in [6, 6.07) is 3.76. The Morgan fingerprint density at radius 3 is 2.84 bits per heavy atom. The van der Waals surface area contributed by atoms with Crippen LogP contribution in [-0.2, 0) is 9.47 Å². The van der Waals surface area contributed by atoms with Crippen molar-refractivity contribution in [2.45, 2.75) is 12.8 Å². The molecule has 0 aromatic heterocycles. The van der Waals surface area contributed by atoms with Crippen LogP contribution in [-0.4, -0.2) is 5.91 Å². The first-order valence-corrected chi connectivity index (χ1v) is 7.78. The molecule has 4 rings (SSSR count). The molecule has 1 aromatic carbocycles. The van der Waals surface area contributed by atoms with Gasteiger partial charge in [-0.15, -0.1) is 0 Å². The molecule has 0 radical (unpaired) electrons. The maximum atomic E-state index is 13.4. The number of rotatable bonds is 2. The minimum atomic E-state index is -0.514. The fraction of sp³-hybridized carbons (Fsp3) is 0.105. The zero-order valence-corrected chi connectivity index (χ0v) is 13.1. The van der Waals surface area contributed by atoms with E-state index >= 15 is 0 Å². The fourth-order valence-electron chi connectivity index (χ4n) is 2.64. The van der Waals surface area contributed by atoms with Crippen LogP contribution in [0, 0.1) is 5.82 Å². The molecule has 0 spiro atoms. The summed E-state index contributed by atoms with van der Waals surface area (Å²) >= 11 is 0. The third-order valence-electron chi connectivity index (χ3n) is 3.90. The second-order valence-corrected chi connectivity index (χ2v) is 5.61. The number of ether oxygens (including phenoxy) is 3. The van der Waals surface area contributed by atoms with E-state index in [1.165, 1.54) is 30.9 Å². The molecule has 0 unspecified atom stereocenters. The molecule has 1 N–H and O–H groups in total. The highest BCUT2D eigenvalue weighted by Crippen LogP contribution is 2.30. The number of hydrogen-bond acceptors (Lipinski definition) is 4. The van der Waals surface area contributed by atoms with Crippen LogP contribution in [0.4, 0.5) is 4.39 Å². The summed E-state index contributed by atoms with van der Waals surface area (Å²) in [5, 5.41) is 2.65. The zero-order chi connectivity index (χ0) is 17.2. The number of benzene rings is 1. The number of carbonyl (C=O) groups is 1. The lowest BCUT2D eigenvalue weighted by molar-refractivity contribution is 0.0962. The van der Waals surface area contributed by atoms with E-state index in [1.54, 1.807) is 0 Å². The molecule has 2 heterocycles. The highest BCUT2D eigenvalue weighted by atomic mass is 19.1. The lowest BCUT2D eigenvalue weighted by Gasteiger charge is -2.20. The number of halogens is 1. The van der Waals surface area contributed by atoms with E-state index in [4.69, 9.17) is 14.2 Å². The van der Waals surface area contributed by atoms with E-state index in [-0.39, 0.29) is 11.3 Å². The molecule has 3 aliphatic rings. The number of nitrogens with one attached hydrogen (secondary N) is 1. The number of carbonyl (C=O) groups excluding carboxylic acids is 1. The molecule has 5 nitrogen and oxygen atoms in total. The van der Waals surface area contributed by atoms with Gasteiger partial charge in [-0.2, -0.15) is 0 Å². The van der Waals surface area contributed by atoms with Crippen LogP contribution in [0.25, 0.3) is 0 Å². The van der Waals surface area contributed by atoms with Crippen molar-refractivity contribution in [3.63, 3.8) is 0 Å². The second kappa shape index (κ2) is 6.32. The van der Waals surface area contributed by atoms with Gasteiger partial charge in [-0.1, -0.05) is 18.2 Å². The highest BCUT2D eigenvalue weighted by molar-refractivity contribution is 5.98. The molecule has 0 saturated carbocycles. The van der Waals surface area contributed by atoms with E-state index in [0.29, 0.717) is 17.2 Å². The van der Waals surface area contributed by atoms with E-state index < -0.39 is 11.7 Å². The lowest BCUT2D eigenvalue weighted by Crippen LogP contribution is -2.24. The number of hydrogen-bond donors (Lipinski definition) is 1. The Labute approximate surface area is 143 Å². The molecule has 0 bridgehead atoms. The van der Waals surface area contributed by atoms with Crippen LogP contribution in [0.3, 0.4) is 0 Å². The van der Waals surface area contributed by atoms with Crippen LogP contribution in [0.15, 0.2) is 78.0 Å². The largest absolute Gasteiger partial charge is 0.465 e. The van der Waals surface area contributed by atoms with Gasteiger partial charge in [0.25, 0.3) is 5.91 Å². The van der Waals surface area contributed by atoms with Crippen molar-refractivity contribution in [2.24, 2.45) is 0 Å². The molecule has 0 atom stereocenters. The predicted molar refractivity (Wildman–Crippen MR) is 87.4 cm³/mol. The molecule has 6 heteroatoms. The van der Waals surface area contributed by atoms with E-state index in [1.807, 2.05) is 12.2 Å². The lowest BCUT2D eigenvalue weighted by atomic mass is 10.0. The highest BCUT2D eigenvalue weighted by Gasteiger charge is 2.24. The van der Waals surface area contributed by atoms with Crippen molar-refractivity contribution in [1.82, 2.24) is 5.32 Å². The summed E-state index contributed by atoms with van der Waals surface area (Å²) in [5.41, 5.74) is 1.40. The monoisotopic (exact) mass is 339 g/mol. The van der Waals surface area contributed by atoms with Crippen LogP contribution in [0.1, 0.15) is 23.2 Å². The quantitative estimate of drug-likeness (QED) is 0.890. The minimum Gasteiger partial charge on any atom is -0.465 e. The fourth-order valence-corrected chi connectivity index (χ4v) is 2.64. The summed E-state index contributed by atoms with van der Waals surface area (Å²) in [4.78, 5) is 12.3. The average molecular weight is 339 g/mol. The molecule has 0 saturated heterocycles. The molecule has 25 heavy (non-hydrogen) atoms. The van der Waals surface area contributed by atoms with E-state index in [0.717, 1.165) is 24.5 Å². The van der Waals surface area contributed by atoms with Crippen molar-refractivity contribution >= 4 is 5.91 Å². The predicted octanol–water partition coefficient (Wildman–Crippen LogP) is 3.80. The summed E-state index contributed by atoms with van der Waals surface area (Å²) in [5.74, 6) is 0.139. The SMILES string of the molecule is O=C1NC(C2=COC=C(C3=CC=CCC3)O2)=COc2ccc(F)cc21. The first kappa shape index (κ1) is 15.3. The van der Waals surface area contributed by atoms with Gasteiger partial charge < -0.3 is 19.5 Å².